The maximum absolute atomic E-state index is 13.6. The monoisotopic (exact) mass is 458 g/mol. The topological polar surface area (TPSA) is 49.9 Å². The van der Waals surface area contributed by atoms with Gasteiger partial charge in [-0.2, -0.15) is 13.2 Å². The van der Waals surface area contributed by atoms with Crippen LogP contribution in [0.4, 0.5) is 18.9 Å². The van der Waals surface area contributed by atoms with E-state index in [1.165, 1.54) is 0 Å². The summed E-state index contributed by atoms with van der Waals surface area (Å²) in [6.07, 6.45) is -4.81. The smallest absolute Gasteiger partial charge is 0.372 e. The summed E-state index contributed by atoms with van der Waals surface area (Å²) in [4.78, 5) is 30.1. The van der Waals surface area contributed by atoms with Crippen LogP contribution in [0.25, 0.3) is 5.57 Å². The van der Waals surface area contributed by atoms with Crippen molar-refractivity contribution in [2.24, 2.45) is 0 Å². The number of nitrogens with zero attached hydrogens (tertiary/aromatic N) is 2. The van der Waals surface area contributed by atoms with Gasteiger partial charge in [-0.1, -0.05) is 23.8 Å². The molecule has 5 nitrogen and oxygen atoms in total. The minimum absolute atomic E-state index is 0.102. The van der Waals surface area contributed by atoms with E-state index in [1.807, 2.05) is 50.8 Å². The van der Waals surface area contributed by atoms with E-state index >= 15 is 0 Å². The number of imide groups is 1. The molecule has 2 aliphatic rings. The highest BCUT2D eigenvalue weighted by atomic mass is 19.4. The van der Waals surface area contributed by atoms with Gasteiger partial charge in [0.2, 0.25) is 0 Å². The number of hydrogen-bond donors (Lipinski definition) is 0. The van der Waals surface area contributed by atoms with Crippen LogP contribution in [0.2, 0.25) is 0 Å². The zero-order chi connectivity index (χ0) is 24.1. The molecule has 0 bridgehead atoms. The fourth-order valence-electron chi connectivity index (χ4n) is 4.54. The summed E-state index contributed by atoms with van der Waals surface area (Å²) in [7, 11) is 0. The molecule has 2 heterocycles. The summed E-state index contributed by atoms with van der Waals surface area (Å²) in [5.41, 5.74) is 2.27. The van der Waals surface area contributed by atoms with E-state index in [-0.39, 0.29) is 29.2 Å². The Kier molecular flexibility index (Phi) is 5.82. The summed E-state index contributed by atoms with van der Waals surface area (Å²) >= 11 is 0. The van der Waals surface area contributed by atoms with Gasteiger partial charge in [0.15, 0.2) is 0 Å². The number of morpholine rings is 1. The number of ether oxygens (including phenoxy) is 1. The predicted octanol–water partition coefficient (Wildman–Crippen LogP) is 4.72. The number of amides is 2. The van der Waals surface area contributed by atoms with Gasteiger partial charge in [-0.15, -0.1) is 0 Å². The average molecular weight is 458 g/mol. The predicted molar refractivity (Wildman–Crippen MR) is 118 cm³/mol. The summed E-state index contributed by atoms with van der Waals surface area (Å²) in [5.74, 6) is -1.09. The summed E-state index contributed by atoms with van der Waals surface area (Å²) < 4.78 is 44.8. The Labute approximate surface area is 190 Å². The molecule has 2 aromatic rings. The lowest BCUT2D eigenvalue weighted by Gasteiger charge is -2.37. The molecule has 2 unspecified atom stereocenters. The molecule has 33 heavy (non-hydrogen) atoms. The molecule has 0 N–H and O–H groups in total. The maximum atomic E-state index is 13.6. The number of hydrogen-bond acceptors (Lipinski definition) is 4. The van der Waals surface area contributed by atoms with Gasteiger partial charge in [-0.05, 0) is 63.1 Å². The van der Waals surface area contributed by atoms with E-state index in [4.69, 9.17) is 4.74 Å². The van der Waals surface area contributed by atoms with Crippen molar-refractivity contribution in [2.45, 2.75) is 46.1 Å². The lowest BCUT2D eigenvalue weighted by Crippen LogP contribution is -2.47. The second-order valence-corrected chi connectivity index (χ2v) is 8.69. The summed E-state index contributed by atoms with van der Waals surface area (Å²) in [5, 5.41) is 0. The van der Waals surface area contributed by atoms with Crippen LogP contribution in [0.1, 0.15) is 36.1 Å². The van der Waals surface area contributed by atoms with Crippen molar-refractivity contribution in [3.05, 3.63) is 70.4 Å². The van der Waals surface area contributed by atoms with E-state index in [0.29, 0.717) is 18.7 Å². The number of halogens is 3. The lowest BCUT2D eigenvalue weighted by molar-refractivity contribution is -0.137. The van der Waals surface area contributed by atoms with Crippen LogP contribution in [0, 0.1) is 13.8 Å². The van der Waals surface area contributed by atoms with Crippen LogP contribution < -0.4 is 4.90 Å². The molecule has 2 aliphatic heterocycles. The van der Waals surface area contributed by atoms with E-state index < -0.39 is 23.6 Å². The third kappa shape index (κ3) is 4.27. The number of anilines is 1. The number of carbonyl (C=O) groups excluding carboxylic acids is 2. The van der Waals surface area contributed by atoms with Gasteiger partial charge in [-0.3, -0.25) is 9.59 Å². The van der Waals surface area contributed by atoms with Gasteiger partial charge in [-0.25, -0.2) is 4.90 Å². The molecular weight excluding hydrogens is 433 g/mol. The van der Waals surface area contributed by atoms with Crippen LogP contribution >= 0.6 is 0 Å². The first-order valence-electron chi connectivity index (χ1n) is 10.8. The second-order valence-electron chi connectivity index (χ2n) is 8.69. The quantitative estimate of drug-likeness (QED) is 0.625. The first kappa shape index (κ1) is 23.0. The Morgan fingerprint density at radius 1 is 0.909 bits per heavy atom. The fraction of sp³-hybridized carbons (Fsp3) is 0.360. The SMILES string of the molecule is Cc1ccc(C2=C(N3CC(C)OC(C)C3)C(=O)N(c3ccc(C(F)(F)F)cc3)C2=O)c(C)c1. The van der Waals surface area contributed by atoms with Crippen molar-refractivity contribution < 1.29 is 27.5 Å². The minimum atomic E-state index is -4.51. The van der Waals surface area contributed by atoms with Gasteiger partial charge < -0.3 is 9.64 Å². The van der Waals surface area contributed by atoms with Gasteiger partial charge in [0.05, 0.1) is 29.0 Å². The highest BCUT2D eigenvalue weighted by molar-refractivity contribution is 6.45. The normalized spacial score (nSPS) is 21.9. The first-order valence-corrected chi connectivity index (χ1v) is 10.8. The molecule has 0 radical (unpaired) electrons. The second kappa shape index (κ2) is 8.33. The van der Waals surface area contributed by atoms with Crippen molar-refractivity contribution in [3.8, 4) is 0 Å². The molecule has 0 aliphatic carbocycles. The third-order valence-corrected chi connectivity index (χ3v) is 5.90. The highest BCUT2D eigenvalue weighted by Crippen LogP contribution is 2.38. The molecule has 1 fully saturated rings. The van der Waals surface area contributed by atoms with Crippen molar-refractivity contribution >= 4 is 23.1 Å². The van der Waals surface area contributed by atoms with E-state index in [0.717, 1.165) is 40.3 Å². The largest absolute Gasteiger partial charge is 0.416 e. The molecule has 2 atom stereocenters. The first-order chi connectivity index (χ1) is 15.5. The van der Waals surface area contributed by atoms with Crippen LogP contribution in [0.15, 0.2) is 48.2 Å². The van der Waals surface area contributed by atoms with E-state index in [9.17, 15) is 22.8 Å². The zero-order valence-electron chi connectivity index (χ0n) is 18.9. The lowest BCUT2D eigenvalue weighted by atomic mass is 9.97. The molecule has 2 aromatic carbocycles. The van der Waals surface area contributed by atoms with Gasteiger partial charge >= 0.3 is 6.18 Å². The Morgan fingerprint density at radius 2 is 1.52 bits per heavy atom. The van der Waals surface area contributed by atoms with Crippen molar-refractivity contribution in [1.29, 1.82) is 0 Å². The Morgan fingerprint density at radius 3 is 2.06 bits per heavy atom. The van der Waals surface area contributed by atoms with Crippen LogP contribution in [-0.2, 0) is 20.5 Å². The van der Waals surface area contributed by atoms with Crippen molar-refractivity contribution in [2.75, 3.05) is 18.0 Å². The molecule has 1 saturated heterocycles. The molecule has 4 rings (SSSR count). The molecule has 0 aromatic heterocycles. The molecule has 0 spiro atoms. The number of benzene rings is 2. The highest BCUT2D eigenvalue weighted by Gasteiger charge is 2.44. The minimum Gasteiger partial charge on any atom is -0.372 e. The van der Waals surface area contributed by atoms with Crippen molar-refractivity contribution in [3.63, 3.8) is 0 Å². The zero-order valence-corrected chi connectivity index (χ0v) is 18.9. The standard InChI is InChI=1S/C25H25F3N2O3/c1-14-5-10-20(15(2)11-14)21-22(29-12-16(3)33-17(4)13-29)24(32)30(23(21)31)19-8-6-18(7-9-19)25(26,27)28/h5-11,16-17H,12-13H2,1-4H3. The Balaban J connectivity index is 1.82. The molecule has 174 valence electrons. The third-order valence-electron chi connectivity index (χ3n) is 5.90. The van der Waals surface area contributed by atoms with E-state index in [2.05, 4.69) is 0 Å². The van der Waals surface area contributed by atoms with Crippen LogP contribution in [0.5, 0.6) is 0 Å². The fourth-order valence-corrected chi connectivity index (χ4v) is 4.54. The van der Waals surface area contributed by atoms with Crippen LogP contribution in [0.3, 0.4) is 0 Å². The van der Waals surface area contributed by atoms with Gasteiger partial charge in [0, 0.05) is 13.1 Å². The number of rotatable bonds is 3. The van der Waals surface area contributed by atoms with Crippen LogP contribution in [-0.4, -0.2) is 42.0 Å². The average Bonchev–Trinajstić information content (AvgIpc) is 2.97. The van der Waals surface area contributed by atoms with E-state index in [1.54, 1.807) is 0 Å². The molecule has 8 heteroatoms. The molecule has 2 amide bonds. The van der Waals surface area contributed by atoms with Gasteiger partial charge in [0.1, 0.15) is 5.70 Å². The molecule has 0 saturated carbocycles. The maximum Gasteiger partial charge on any atom is 0.416 e. The Hall–Kier alpha value is -3.13. The van der Waals surface area contributed by atoms with Crippen molar-refractivity contribution in [1.82, 2.24) is 4.90 Å². The summed E-state index contributed by atoms with van der Waals surface area (Å²) in [6, 6.07) is 9.69. The Bertz CT molecular complexity index is 1130. The number of alkyl halides is 3. The number of aryl methyl sites for hydroxylation is 2. The summed E-state index contributed by atoms with van der Waals surface area (Å²) in [6.45, 7) is 8.45. The molecular formula is C25H25F3N2O3. The number of carbonyl (C=O) groups is 2. The van der Waals surface area contributed by atoms with Gasteiger partial charge in [0.25, 0.3) is 11.8 Å².